The maximum atomic E-state index is 12.7. The lowest BCUT2D eigenvalue weighted by Gasteiger charge is -2.35. The summed E-state index contributed by atoms with van der Waals surface area (Å²) in [5, 5.41) is 2.89. The zero-order chi connectivity index (χ0) is 15.4. The molecule has 0 spiro atoms. The Balaban J connectivity index is 1.66. The molecule has 118 valence electrons. The van der Waals surface area contributed by atoms with Gasteiger partial charge in [-0.1, -0.05) is 6.42 Å². The Morgan fingerprint density at radius 1 is 1.18 bits per heavy atom. The Morgan fingerprint density at radius 2 is 2.00 bits per heavy atom. The molecule has 2 aliphatic rings. The number of aromatic nitrogens is 1. The predicted octanol–water partition coefficient (Wildman–Crippen LogP) is 1.85. The lowest BCUT2D eigenvalue weighted by molar-refractivity contribution is -0.137. The van der Waals surface area contributed by atoms with Gasteiger partial charge in [0.05, 0.1) is 0 Å². The van der Waals surface area contributed by atoms with Gasteiger partial charge in [0.15, 0.2) is 0 Å². The van der Waals surface area contributed by atoms with E-state index in [1.165, 1.54) is 5.56 Å². The lowest BCUT2D eigenvalue weighted by Crippen LogP contribution is -2.50. The van der Waals surface area contributed by atoms with Crippen LogP contribution in [-0.2, 0) is 9.59 Å². The zero-order valence-electron chi connectivity index (χ0n) is 12.8. The van der Waals surface area contributed by atoms with Crippen molar-refractivity contribution in [2.75, 3.05) is 13.1 Å². The monoisotopic (exact) mass is 301 g/mol. The summed E-state index contributed by atoms with van der Waals surface area (Å²) in [6, 6.07) is 3.74. The van der Waals surface area contributed by atoms with Crippen LogP contribution in [0.15, 0.2) is 24.5 Å². The summed E-state index contributed by atoms with van der Waals surface area (Å²) in [5.74, 6) is 0.481. The Kier molecular flexibility index (Phi) is 4.71. The van der Waals surface area contributed by atoms with Crippen LogP contribution in [0.4, 0.5) is 0 Å². The summed E-state index contributed by atoms with van der Waals surface area (Å²) in [6.45, 7) is 1.54. The molecule has 2 atom stereocenters. The summed E-state index contributed by atoms with van der Waals surface area (Å²) < 4.78 is 0. The van der Waals surface area contributed by atoms with Crippen LogP contribution < -0.4 is 5.32 Å². The fourth-order valence-electron chi connectivity index (χ4n) is 3.46. The first-order valence-electron chi connectivity index (χ1n) is 8.22. The molecule has 0 bridgehead atoms. The molecule has 2 aliphatic heterocycles. The standard InChI is InChI=1S/C17H23N3O2/c21-16-6-2-1-5-15(19-16)17(22)20-11-3-4-14(12-20)13-7-9-18-10-8-13/h7-10,14-15H,1-6,11-12H2,(H,19,21)/t14-,15-/m0/s1. The number of piperidine rings is 1. The molecule has 1 aromatic rings. The third kappa shape index (κ3) is 3.46. The van der Waals surface area contributed by atoms with Gasteiger partial charge in [-0.15, -0.1) is 0 Å². The van der Waals surface area contributed by atoms with Crippen molar-refractivity contribution < 1.29 is 9.59 Å². The first kappa shape index (κ1) is 15.0. The van der Waals surface area contributed by atoms with E-state index < -0.39 is 0 Å². The van der Waals surface area contributed by atoms with E-state index in [4.69, 9.17) is 0 Å². The summed E-state index contributed by atoms with van der Waals surface area (Å²) in [7, 11) is 0. The van der Waals surface area contributed by atoms with E-state index in [-0.39, 0.29) is 17.9 Å². The molecule has 3 rings (SSSR count). The van der Waals surface area contributed by atoms with Crippen molar-refractivity contribution in [2.24, 2.45) is 0 Å². The van der Waals surface area contributed by atoms with Crippen molar-refractivity contribution in [1.29, 1.82) is 0 Å². The minimum atomic E-state index is -0.328. The molecule has 1 N–H and O–H groups in total. The number of pyridine rings is 1. The molecule has 0 saturated carbocycles. The second kappa shape index (κ2) is 6.90. The molecule has 2 fully saturated rings. The SMILES string of the molecule is O=C1CCCC[C@@H](C(=O)N2CCC[C@H](c3ccncc3)C2)N1. The van der Waals surface area contributed by atoms with E-state index in [9.17, 15) is 9.59 Å². The highest BCUT2D eigenvalue weighted by Gasteiger charge is 2.31. The van der Waals surface area contributed by atoms with Gasteiger partial charge in [0, 0.05) is 37.8 Å². The topological polar surface area (TPSA) is 62.3 Å². The summed E-state index contributed by atoms with van der Waals surface area (Å²) in [5.41, 5.74) is 1.25. The summed E-state index contributed by atoms with van der Waals surface area (Å²) in [4.78, 5) is 30.4. The molecule has 2 saturated heterocycles. The molecule has 1 aromatic heterocycles. The molecule has 5 heteroatoms. The number of nitrogens with zero attached hydrogens (tertiary/aromatic N) is 2. The van der Waals surface area contributed by atoms with E-state index in [0.717, 1.165) is 45.2 Å². The van der Waals surface area contributed by atoms with Gasteiger partial charge in [-0.2, -0.15) is 0 Å². The second-order valence-corrected chi connectivity index (χ2v) is 6.27. The van der Waals surface area contributed by atoms with Gasteiger partial charge >= 0.3 is 0 Å². The molecule has 0 radical (unpaired) electrons. The lowest BCUT2D eigenvalue weighted by atomic mass is 9.91. The largest absolute Gasteiger partial charge is 0.344 e. The fraction of sp³-hybridized carbons (Fsp3) is 0.588. The van der Waals surface area contributed by atoms with E-state index in [0.29, 0.717) is 12.3 Å². The first-order chi connectivity index (χ1) is 10.7. The minimum Gasteiger partial charge on any atom is -0.344 e. The van der Waals surface area contributed by atoms with Crippen LogP contribution in [0.1, 0.15) is 50.0 Å². The number of hydrogen-bond acceptors (Lipinski definition) is 3. The molecule has 5 nitrogen and oxygen atoms in total. The van der Waals surface area contributed by atoms with Crippen molar-refractivity contribution in [2.45, 2.75) is 50.5 Å². The van der Waals surface area contributed by atoms with Crippen LogP contribution in [0.2, 0.25) is 0 Å². The maximum absolute atomic E-state index is 12.7. The van der Waals surface area contributed by atoms with Crippen molar-refractivity contribution in [3.63, 3.8) is 0 Å². The predicted molar refractivity (Wildman–Crippen MR) is 83.2 cm³/mol. The van der Waals surface area contributed by atoms with Crippen LogP contribution in [0.3, 0.4) is 0 Å². The first-order valence-corrected chi connectivity index (χ1v) is 8.22. The Morgan fingerprint density at radius 3 is 2.82 bits per heavy atom. The van der Waals surface area contributed by atoms with Crippen LogP contribution in [0.25, 0.3) is 0 Å². The molecule has 0 aromatic carbocycles. The van der Waals surface area contributed by atoms with Gasteiger partial charge in [-0.05, 0) is 43.4 Å². The van der Waals surface area contributed by atoms with Crippen molar-refractivity contribution in [1.82, 2.24) is 15.2 Å². The highest BCUT2D eigenvalue weighted by molar-refractivity contribution is 5.88. The average molecular weight is 301 g/mol. The second-order valence-electron chi connectivity index (χ2n) is 6.27. The molecular formula is C17H23N3O2. The maximum Gasteiger partial charge on any atom is 0.245 e. The van der Waals surface area contributed by atoms with Crippen LogP contribution in [0.5, 0.6) is 0 Å². The van der Waals surface area contributed by atoms with E-state index in [1.54, 1.807) is 0 Å². The zero-order valence-corrected chi connectivity index (χ0v) is 12.8. The number of likely N-dealkylation sites (tertiary alicyclic amines) is 1. The van der Waals surface area contributed by atoms with Gasteiger partial charge < -0.3 is 10.2 Å². The molecule has 22 heavy (non-hydrogen) atoms. The smallest absolute Gasteiger partial charge is 0.245 e. The molecule has 0 aliphatic carbocycles. The van der Waals surface area contributed by atoms with E-state index >= 15 is 0 Å². The number of carbonyl (C=O) groups is 2. The van der Waals surface area contributed by atoms with E-state index in [1.807, 2.05) is 29.4 Å². The average Bonchev–Trinajstić information content (AvgIpc) is 2.79. The minimum absolute atomic E-state index is 0.0125. The number of amides is 2. The van der Waals surface area contributed by atoms with Crippen LogP contribution in [0, 0.1) is 0 Å². The Bertz CT molecular complexity index is 532. The molecular weight excluding hydrogens is 278 g/mol. The number of rotatable bonds is 2. The Labute approximate surface area is 131 Å². The van der Waals surface area contributed by atoms with E-state index in [2.05, 4.69) is 10.3 Å². The molecule has 2 amide bonds. The highest BCUT2D eigenvalue weighted by atomic mass is 16.2. The summed E-state index contributed by atoms with van der Waals surface area (Å²) in [6.07, 6.45) is 8.86. The summed E-state index contributed by atoms with van der Waals surface area (Å²) >= 11 is 0. The van der Waals surface area contributed by atoms with Crippen LogP contribution >= 0.6 is 0 Å². The highest BCUT2D eigenvalue weighted by Crippen LogP contribution is 2.27. The van der Waals surface area contributed by atoms with Gasteiger partial charge in [0.1, 0.15) is 6.04 Å². The Hall–Kier alpha value is -1.91. The van der Waals surface area contributed by atoms with Gasteiger partial charge in [0.2, 0.25) is 11.8 Å². The normalized spacial score (nSPS) is 26.2. The van der Waals surface area contributed by atoms with Crippen molar-refractivity contribution >= 4 is 11.8 Å². The third-order valence-corrected chi connectivity index (χ3v) is 4.69. The fourth-order valence-corrected chi connectivity index (χ4v) is 3.46. The van der Waals surface area contributed by atoms with Gasteiger partial charge in [-0.3, -0.25) is 14.6 Å². The van der Waals surface area contributed by atoms with Gasteiger partial charge in [-0.25, -0.2) is 0 Å². The number of nitrogens with one attached hydrogen (secondary N) is 1. The quantitative estimate of drug-likeness (QED) is 0.906. The third-order valence-electron chi connectivity index (χ3n) is 4.69. The number of hydrogen-bond donors (Lipinski definition) is 1. The molecule has 3 heterocycles. The molecule has 0 unspecified atom stereocenters. The number of carbonyl (C=O) groups excluding carboxylic acids is 2. The van der Waals surface area contributed by atoms with Gasteiger partial charge in [0.25, 0.3) is 0 Å². The van der Waals surface area contributed by atoms with Crippen molar-refractivity contribution in [3.8, 4) is 0 Å². The van der Waals surface area contributed by atoms with Crippen molar-refractivity contribution in [3.05, 3.63) is 30.1 Å². The van der Waals surface area contributed by atoms with Crippen LogP contribution in [-0.4, -0.2) is 40.8 Å².